The van der Waals surface area contributed by atoms with Crippen molar-refractivity contribution in [3.63, 3.8) is 0 Å². The van der Waals surface area contributed by atoms with Crippen LogP contribution in [-0.4, -0.2) is 39.4 Å². The minimum absolute atomic E-state index is 0.0360. The molecule has 8 nitrogen and oxygen atoms in total. The van der Waals surface area contributed by atoms with Gasteiger partial charge in [0.2, 0.25) is 15.9 Å². The fourth-order valence-corrected chi connectivity index (χ4v) is 4.50. The number of carbonyl (C=O) groups excluding carboxylic acids is 2. The lowest BCUT2D eigenvalue weighted by Crippen LogP contribution is -2.47. The van der Waals surface area contributed by atoms with Crippen LogP contribution < -0.4 is 20.1 Å². The molecule has 0 saturated heterocycles. The van der Waals surface area contributed by atoms with Gasteiger partial charge in [-0.25, -0.2) is 13.1 Å². The predicted molar refractivity (Wildman–Crippen MR) is 122 cm³/mol. The number of anilines is 1. The molecule has 0 aromatic heterocycles. The number of hydrogen-bond acceptors (Lipinski definition) is 5. The van der Waals surface area contributed by atoms with E-state index in [0.29, 0.717) is 17.7 Å². The van der Waals surface area contributed by atoms with Gasteiger partial charge in [-0.3, -0.25) is 9.59 Å². The van der Waals surface area contributed by atoms with E-state index in [4.69, 9.17) is 4.74 Å². The van der Waals surface area contributed by atoms with Gasteiger partial charge in [0.05, 0.1) is 17.7 Å². The number of methoxy groups -OCH3 is 1. The summed E-state index contributed by atoms with van der Waals surface area (Å²) in [6, 6.07) is 12.1. The molecule has 2 aromatic rings. The average molecular weight is 460 g/mol. The molecule has 0 heterocycles. The molecule has 1 saturated carbocycles. The van der Waals surface area contributed by atoms with Crippen LogP contribution in [0.5, 0.6) is 5.75 Å². The van der Waals surface area contributed by atoms with E-state index in [-0.39, 0.29) is 28.4 Å². The molecule has 1 aliphatic carbocycles. The van der Waals surface area contributed by atoms with Crippen LogP contribution >= 0.6 is 0 Å². The van der Waals surface area contributed by atoms with Gasteiger partial charge in [-0.15, -0.1) is 0 Å². The summed E-state index contributed by atoms with van der Waals surface area (Å²) in [5.41, 5.74) is 0.670. The van der Waals surface area contributed by atoms with Crippen molar-refractivity contribution in [1.82, 2.24) is 10.0 Å². The first-order valence-corrected chi connectivity index (χ1v) is 12.1. The van der Waals surface area contributed by atoms with Gasteiger partial charge >= 0.3 is 0 Å². The minimum atomic E-state index is -3.70. The third kappa shape index (κ3) is 5.86. The van der Waals surface area contributed by atoms with Crippen molar-refractivity contribution in [1.29, 1.82) is 0 Å². The molecule has 2 aromatic carbocycles. The lowest BCUT2D eigenvalue weighted by Gasteiger charge is -2.24. The highest BCUT2D eigenvalue weighted by atomic mass is 32.2. The Labute approximate surface area is 188 Å². The molecular formula is C23H29N3O5S. The van der Waals surface area contributed by atoms with E-state index < -0.39 is 22.0 Å². The molecule has 3 rings (SSSR count). The molecule has 3 N–H and O–H groups in total. The van der Waals surface area contributed by atoms with Gasteiger partial charge in [-0.2, -0.15) is 0 Å². The van der Waals surface area contributed by atoms with Crippen LogP contribution in [0.1, 0.15) is 43.5 Å². The van der Waals surface area contributed by atoms with E-state index in [1.807, 2.05) is 13.8 Å². The minimum Gasteiger partial charge on any atom is -0.495 e. The molecule has 2 atom stereocenters. The fraction of sp³-hybridized carbons (Fsp3) is 0.391. The predicted octanol–water partition coefficient (Wildman–Crippen LogP) is 2.92. The van der Waals surface area contributed by atoms with Crippen LogP contribution in [0.4, 0.5) is 5.69 Å². The van der Waals surface area contributed by atoms with Crippen molar-refractivity contribution < 1.29 is 22.7 Å². The Hall–Kier alpha value is -2.91. The molecule has 0 radical (unpaired) electrons. The van der Waals surface area contributed by atoms with Crippen LogP contribution in [0.3, 0.4) is 0 Å². The monoisotopic (exact) mass is 459 g/mol. The van der Waals surface area contributed by atoms with Crippen LogP contribution in [0.15, 0.2) is 53.4 Å². The Kier molecular flexibility index (Phi) is 7.52. The zero-order chi connectivity index (χ0) is 23.3. The Morgan fingerprint density at radius 3 is 2.41 bits per heavy atom. The Morgan fingerprint density at radius 2 is 1.81 bits per heavy atom. The van der Waals surface area contributed by atoms with Crippen molar-refractivity contribution in [2.75, 3.05) is 12.4 Å². The number of benzene rings is 2. The number of sulfonamides is 1. The molecule has 172 valence electrons. The Morgan fingerprint density at radius 1 is 1.12 bits per heavy atom. The van der Waals surface area contributed by atoms with Gasteiger partial charge in [-0.1, -0.05) is 38.5 Å². The lowest BCUT2D eigenvalue weighted by molar-refractivity contribution is -0.119. The molecule has 0 bridgehead atoms. The quantitative estimate of drug-likeness (QED) is 0.506. The molecule has 2 amide bonds. The normalized spacial score (nSPS) is 15.5. The third-order valence-corrected chi connectivity index (χ3v) is 6.97. The highest BCUT2D eigenvalue weighted by Crippen LogP contribution is 2.29. The zero-order valence-corrected chi connectivity index (χ0v) is 19.2. The maximum Gasteiger partial charge on any atom is 0.251 e. The molecule has 9 heteroatoms. The second kappa shape index (κ2) is 10.1. The van der Waals surface area contributed by atoms with E-state index in [1.54, 1.807) is 30.3 Å². The van der Waals surface area contributed by atoms with E-state index in [9.17, 15) is 18.0 Å². The number of ether oxygens (including phenoxy) is 1. The molecular weight excluding hydrogens is 430 g/mol. The van der Waals surface area contributed by atoms with Crippen molar-refractivity contribution >= 4 is 27.5 Å². The smallest absolute Gasteiger partial charge is 0.251 e. The summed E-state index contributed by atoms with van der Waals surface area (Å²) in [4.78, 5) is 25.8. The summed E-state index contributed by atoms with van der Waals surface area (Å²) >= 11 is 0. The number of hydrogen-bond donors (Lipinski definition) is 3. The van der Waals surface area contributed by atoms with E-state index in [2.05, 4.69) is 15.4 Å². The van der Waals surface area contributed by atoms with Crippen LogP contribution in [-0.2, 0) is 14.8 Å². The SMILES string of the molecule is CCC(C)C(NC(=O)c1ccccc1)C(=O)Nc1cc(S(=O)(=O)NC2CC2)ccc1OC. The van der Waals surface area contributed by atoms with Crippen LogP contribution in [0.25, 0.3) is 0 Å². The van der Waals surface area contributed by atoms with Gasteiger partial charge in [0, 0.05) is 11.6 Å². The largest absolute Gasteiger partial charge is 0.495 e. The van der Waals surface area contributed by atoms with Crippen LogP contribution in [0, 0.1) is 5.92 Å². The number of rotatable bonds is 10. The molecule has 2 unspecified atom stereocenters. The lowest BCUT2D eigenvalue weighted by atomic mass is 9.97. The zero-order valence-electron chi connectivity index (χ0n) is 18.4. The van der Waals surface area contributed by atoms with Gasteiger partial charge in [-0.05, 0) is 49.1 Å². The van der Waals surface area contributed by atoms with Gasteiger partial charge < -0.3 is 15.4 Å². The van der Waals surface area contributed by atoms with Crippen molar-refractivity contribution in [2.24, 2.45) is 5.92 Å². The van der Waals surface area contributed by atoms with Gasteiger partial charge in [0.1, 0.15) is 11.8 Å². The van der Waals surface area contributed by atoms with E-state index in [1.165, 1.54) is 25.3 Å². The first-order chi connectivity index (χ1) is 15.2. The summed E-state index contributed by atoms with van der Waals surface area (Å²) < 4.78 is 33.1. The summed E-state index contributed by atoms with van der Waals surface area (Å²) in [5.74, 6) is -0.646. The number of amides is 2. The topological polar surface area (TPSA) is 114 Å². The summed E-state index contributed by atoms with van der Waals surface area (Å²) in [5, 5.41) is 5.54. The standard InChI is InChI=1S/C23H29N3O5S/c1-4-15(2)21(25-22(27)16-8-6-5-7-9-16)23(28)24-19-14-18(12-13-20(19)31-3)32(29,30)26-17-10-11-17/h5-9,12-15,17,21,26H,4,10-11H2,1-3H3,(H,24,28)(H,25,27). The fourth-order valence-electron chi connectivity index (χ4n) is 3.17. The number of nitrogens with one attached hydrogen (secondary N) is 3. The summed E-state index contributed by atoms with van der Waals surface area (Å²) in [7, 11) is -2.27. The number of carbonyl (C=O) groups is 2. The van der Waals surface area contributed by atoms with Crippen molar-refractivity contribution in [3.05, 3.63) is 54.1 Å². The van der Waals surface area contributed by atoms with Crippen LogP contribution in [0.2, 0.25) is 0 Å². The highest BCUT2D eigenvalue weighted by molar-refractivity contribution is 7.89. The molecule has 0 spiro atoms. The second-order valence-corrected chi connectivity index (χ2v) is 9.66. The molecule has 1 fully saturated rings. The maximum absolute atomic E-state index is 13.2. The molecule has 1 aliphatic rings. The highest BCUT2D eigenvalue weighted by Gasteiger charge is 2.30. The Bertz CT molecular complexity index is 1070. The molecule has 32 heavy (non-hydrogen) atoms. The first-order valence-electron chi connectivity index (χ1n) is 10.6. The summed E-state index contributed by atoms with van der Waals surface area (Å²) in [6.45, 7) is 3.80. The van der Waals surface area contributed by atoms with Gasteiger partial charge in [0.25, 0.3) is 5.91 Å². The maximum atomic E-state index is 13.2. The Balaban J connectivity index is 1.83. The van der Waals surface area contributed by atoms with Crippen molar-refractivity contribution in [3.8, 4) is 5.75 Å². The van der Waals surface area contributed by atoms with Crippen molar-refractivity contribution in [2.45, 2.75) is 50.1 Å². The summed E-state index contributed by atoms with van der Waals surface area (Å²) in [6.07, 6.45) is 2.29. The van der Waals surface area contributed by atoms with E-state index >= 15 is 0 Å². The molecule has 0 aliphatic heterocycles. The third-order valence-electron chi connectivity index (χ3n) is 5.46. The van der Waals surface area contributed by atoms with Gasteiger partial charge in [0.15, 0.2) is 0 Å². The average Bonchev–Trinajstić information content (AvgIpc) is 3.60. The van der Waals surface area contributed by atoms with E-state index in [0.717, 1.165) is 12.8 Å². The second-order valence-electron chi connectivity index (χ2n) is 7.95. The first kappa shape index (κ1) is 23.7.